The topological polar surface area (TPSA) is 163 Å². The van der Waals surface area contributed by atoms with Crippen LogP contribution in [0.3, 0.4) is 0 Å². The van der Waals surface area contributed by atoms with Gasteiger partial charge in [0.1, 0.15) is 18.1 Å². The van der Waals surface area contributed by atoms with Gasteiger partial charge in [-0.2, -0.15) is 0 Å². The van der Waals surface area contributed by atoms with Gasteiger partial charge in [0.05, 0.1) is 0 Å². The number of nitrogens with zero attached hydrogens (tertiary/aromatic N) is 3. The van der Waals surface area contributed by atoms with Gasteiger partial charge in [0, 0.05) is 41.9 Å². The van der Waals surface area contributed by atoms with E-state index in [2.05, 4.69) is 51.6 Å². The normalized spacial score (nSPS) is 21.2. The zero-order valence-corrected chi connectivity index (χ0v) is 49.2. The highest BCUT2D eigenvalue weighted by molar-refractivity contribution is 8.00. The number of esters is 4. The first-order valence-electron chi connectivity index (χ1n) is 31.1. The zero-order chi connectivity index (χ0) is 53.9. The third kappa shape index (κ3) is 32.3. The van der Waals surface area contributed by atoms with E-state index in [0.29, 0.717) is 38.5 Å². The molecule has 2 rings (SSSR count). The Hall–Kier alpha value is -2.50. The highest BCUT2D eigenvalue weighted by atomic mass is 32.2. The second-order valence-corrected chi connectivity index (χ2v) is 24.1. The monoisotopic (exact) mass is 1060 g/mol. The molecule has 0 unspecified atom stereocenters. The summed E-state index contributed by atoms with van der Waals surface area (Å²) in [5.74, 6) is -1.68. The standard InChI is InChI=1S/C61H111N3O9S/c1-7-11-15-19-23-27-31-35-39-43-53(65)69-49-51-57(71-54(66)44-40-36-32-28-24-20-16-12-8-2)58(72-55(67)45-41-37-33-29-25-21-17-13-9-3)59(73-56(68)46-42-38-34-30-26-22-18-14-10-4)60(70-51)74-52-47-50(63-64-62)48-61(52,5)6/h50-52,57-60H,7-49H2,1-6H3/t50-,51+,52-,57-,58-,59+,60-/m0/s1. The van der Waals surface area contributed by atoms with Crippen molar-refractivity contribution in [3.63, 3.8) is 0 Å². The van der Waals surface area contributed by atoms with Crippen LogP contribution in [0.25, 0.3) is 10.4 Å². The van der Waals surface area contributed by atoms with Crippen molar-refractivity contribution in [3.8, 4) is 0 Å². The van der Waals surface area contributed by atoms with Gasteiger partial charge in [-0.1, -0.05) is 252 Å². The molecule has 0 amide bonds. The van der Waals surface area contributed by atoms with Crippen molar-refractivity contribution >= 4 is 35.6 Å². The molecule has 1 aliphatic heterocycles. The number of ether oxygens (including phenoxy) is 5. The zero-order valence-electron chi connectivity index (χ0n) is 48.4. The molecule has 7 atom stereocenters. The minimum Gasteiger partial charge on any atom is -0.463 e. The molecule has 13 heteroatoms. The van der Waals surface area contributed by atoms with Crippen LogP contribution in [-0.4, -0.2) is 71.6 Å². The minimum atomic E-state index is -1.20. The van der Waals surface area contributed by atoms with Gasteiger partial charge in [-0.05, 0) is 49.5 Å². The second kappa shape index (κ2) is 44.5. The Balaban J connectivity index is 2.42. The molecule has 0 bridgehead atoms. The van der Waals surface area contributed by atoms with E-state index in [4.69, 9.17) is 23.7 Å². The predicted octanol–water partition coefficient (Wildman–Crippen LogP) is 18.3. The number of unbranched alkanes of at least 4 members (excludes halogenated alkanes) is 32. The van der Waals surface area contributed by atoms with Crippen molar-refractivity contribution in [2.45, 2.75) is 352 Å². The van der Waals surface area contributed by atoms with Crippen molar-refractivity contribution in [1.82, 2.24) is 0 Å². The SMILES string of the molecule is CCCCCCCCCCCC(=O)OC[C@H]1O[C@@H](S[C@H]2C[C@H](N=[N+]=[N-])CC2(C)C)[C@H](OC(=O)CCCCCCCCCCC)[C@@H](OC(=O)CCCCCCCCCCC)[C@H]1OC(=O)CCCCCCCCCCC. The molecule has 1 heterocycles. The average Bonchev–Trinajstić information content (AvgIpc) is 3.66. The van der Waals surface area contributed by atoms with Crippen LogP contribution in [0, 0.1) is 5.41 Å². The quantitative estimate of drug-likeness (QED) is 0.0143. The molecule has 1 saturated heterocycles. The Morgan fingerprint density at radius 3 is 1.18 bits per heavy atom. The number of azide groups is 1. The molecule has 1 aliphatic carbocycles. The summed E-state index contributed by atoms with van der Waals surface area (Å²) in [6, 6.07) is -0.221. The van der Waals surface area contributed by atoms with Crippen LogP contribution < -0.4 is 0 Å². The summed E-state index contributed by atoms with van der Waals surface area (Å²) < 4.78 is 32.2. The van der Waals surface area contributed by atoms with Gasteiger partial charge in [0.2, 0.25) is 0 Å². The smallest absolute Gasteiger partial charge is 0.306 e. The summed E-state index contributed by atoms with van der Waals surface area (Å²) in [7, 11) is 0. The maximum atomic E-state index is 14.1. The van der Waals surface area contributed by atoms with Crippen LogP contribution in [0.1, 0.15) is 311 Å². The van der Waals surface area contributed by atoms with Gasteiger partial charge in [-0.3, -0.25) is 19.2 Å². The molecule has 12 nitrogen and oxygen atoms in total. The number of hydrogen-bond donors (Lipinski definition) is 0. The van der Waals surface area contributed by atoms with Gasteiger partial charge in [-0.15, -0.1) is 11.8 Å². The molecule has 0 N–H and O–H groups in total. The molecule has 0 spiro atoms. The van der Waals surface area contributed by atoms with E-state index in [1.165, 1.54) is 140 Å². The number of carbonyl (C=O) groups is 4. The van der Waals surface area contributed by atoms with E-state index in [0.717, 1.165) is 77.0 Å². The fourth-order valence-electron chi connectivity index (χ4n) is 10.7. The number of carbonyl (C=O) groups excluding carboxylic acids is 4. The van der Waals surface area contributed by atoms with Crippen molar-refractivity contribution in [2.24, 2.45) is 10.5 Å². The van der Waals surface area contributed by atoms with Crippen LogP contribution >= 0.6 is 11.8 Å². The van der Waals surface area contributed by atoms with E-state index in [1.54, 1.807) is 0 Å². The van der Waals surface area contributed by atoms with Crippen LogP contribution in [0.4, 0.5) is 0 Å². The largest absolute Gasteiger partial charge is 0.463 e. The van der Waals surface area contributed by atoms with E-state index in [9.17, 15) is 24.7 Å². The van der Waals surface area contributed by atoms with E-state index >= 15 is 0 Å². The Morgan fingerprint density at radius 1 is 0.486 bits per heavy atom. The van der Waals surface area contributed by atoms with E-state index in [-0.39, 0.29) is 55.0 Å². The molecule has 1 saturated carbocycles. The van der Waals surface area contributed by atoms with Crippen LogP contribution in [0.15, 0.2) is 5.11 Å². The van der Waals surface area contributed by atoms with Crippen LogP contribution in [0.5, 0.6) is 0 Å². The maximum absolute atomic E-state index is 14.1. The van der Waals surface area contributed by atoms with E-state index in [1.807, 2.05) is 0 Å². The molecule has 430 valence electrons. The summed E-state index contributed by atoms with van der Waals surface area (Å²) in [6.45, 7) is 13.0. The first kappa shape index (κ1) is 67.6. The van der Waals surface area contributed by atoms with E-state index < -0.39 is 47.8 Å². The molecule has 74 heavy (non-hydrogen) atoms. The molecule has 0 aromatic carbocycles. The Kier molecular flexibility index (Phi) is 40.6. The summed E-state index contributed by atoms with van der Waals surface area (Å²) in [4.78, 5) is 58.7. The first-order valence-corrected chi connectivity index (χ1v) is 32.0. The lowest BCUT2D eigenvalue weighted by molar-refractivity contribution is -0.239. The minimum absolute atomic E-state index is 0.0829. The number of thioether (sulfide) groups is 1. The van der Waals surface area contributed by atoms with Crippen molar-refractivity contribution in [3.05, 3.63) is 10.4 Å². The molecule has 0 aromatic heterocycles. The highest BCUT2D eigenvalue weighted by Crippen LogP contribution is 2.49. The molecule has 0 aromatic rings. The fourth-order valence-corrected chi connectivity index (χ4v) is 12.4. The van der Waals surface area contributed by atoms with Crippen LogP contribution in [0.2, 0.25) is 0 Å². The summed E-state index contributed by atoms with van der Waals surface area (Å²) in [5, 5.41) is 4.02. The number of hydrogen-bond acceptors (Lipinski definition) is 11. The summed E-state index contributed by atoms with van der Waals surface area (Å²) in [5.41, 5.74) is 8.26. The Morgan fingerprint density at radius 2 is 0.811 bits per heavy atom. The Bertz CT molecular complexity index is 1490. The summed E-state index contributed by atoms with van der Waals surface area (Å²) in [6.07, 6.45) is 37.4. The third-order valence-corrected chi connectivity index (χ3v) is 17.2. The molecule has 0 radical (unpaired) electrons. The molecule has 2 fully saturated rings. The molecular weight excluding hydrogens is 951 g/mol. The molecular formula is C61H111N3O9S. The fraction of sp³-hybridized carbons (Fsp3) is 0.934. The second-order valence-electron chi connectivity index (χ2n) is 22.8. The van der Waals surface area contributed by atoms with Crippen molar-refractivity contribution in [1.29, 1.82) is 0 Å². The number of rotatable bonds is 48. The lowest BCUT2D eigenvalue weighted by atomic mass is 9.91. The van der Waals surface area contributed by atoms with Gasteiger partial charge in [-0.25, -0.2) is 0 Å². The lowest BCUT2D eigenvalue weighted by Crippen LogP contribution is -2.62. The van der Waals surface area contributed by atoms with Gasteiger partial charge in [0.15, 0.2) is 18.3 Å². The van der Waals surface area contributed by atoms with Gasteiger partial charge >= 0.3 is 23.9 Å². The predicted molar refractivity (Wildman–Crippen MR) is 304 cm³/mol. The van der Waals surface area contributed by atoms with Crippen LogP contribution in [-0.2, 0) is 42.9 Å². The lowest BCUT2D eigenvalue weighted by Gasteiger charge is -2.45. The first-order chi connectivity index (χ1) is 36.0. The summed E-state index contributed by atoms with van der Waals surface area (Å²) >= 11 is 1.48. The third-order valence-electron chi connectivity index (χ3n) is 15.4. The van der Waals surface area contributed by atoms with Crippen molar-refractivity contribution in [2.75, 3.05) is 6.61 Å². The van der Waals surface area contributed by atoms with Gasteiger partial charge in [0.25, 0.3) is 0 Å². The highest BCUT2D eigenvalue weighted by Gasteiger charge is 2.55. The Labute approximate surface area is 456 Å². The van der Waals surface area contributed by atoms with Crippen molar-refractivity contribution < 1.29 is 42.9 Å². The van der Waals surface area contributed by atoms with Gasteiger partial charge < -0.3 is 23.7 Å². The average molecular weight is 1060 g/mol. The maximum Gasteiger partial charge on any atom is 0.306 e. The molecule has 2 aliphatic rings.